The molecule has 3 heterocycles. The Balaban J connectivity index is 0.921. The van der Waals surface area contributed by atoms with E-state index >= 15 is 0 Å². The van der Waals surface area contributed by atoms with E-state index in [1.165, 1.54) is 49.1 Å². The fourth-order valence-corrected chi connectivity index (χ4v) is 12.7. The van der Waals surface area contributed by atoms with E-state index in [0.29, 0.717) is 83.8 Å². The number of ketones is 2. The van der Waals surface area contributed by atoms with Crippen molar-refractivity contribution in [2.45, 2.75) is 134 Å². The van der Waals surface area contributed by atoms with Gasteiger partial charge in [-0.1, -0.05) is 92.4 Å². The van der Waals surface area contributed by atoms with Crippen molar-refractivity contribution in [3.8, 4) is 11.5 Å². The fourth-order valence-electron chi connectivity index (χ4n) is 12.7. The van der Waals surface area contributed by atoms with Gasteiger partial charge in [-0.25, -0.2) is 4.98 Å². The lowest BCUT2D eigenvalue weighted by atomic mass is 9.59. The van der Waals surface area contributed by atoms with Crippen molar-refractivity contribution in [2.24, 2.45) is 29.6 Å². The zero-order valence-electron chi connectivity index (χ0n) is 41.6. The number of carbonyl (C=O) groups excluding carboxylic acids is 2. The number of phenols is 1. The van der Waals surface area contributed by atoms with Gasteiger partial charge in [0.15, 0.2) is 17.3 Å². The van der Waals surface area contributed by atoms with Crippen LogP contribution in [0.3, 0.4) is 0 Å². The molecule has 7 N–H and O–H groups in total. The number of carbonyl (C=O) groups is 2. The number of allylic oxidation sites excluding steroid dienone is 1. The smallest absolute Gasteiger partial charge is 0.163 e. The van der Waals surface area contributed by atoms with E-state index in [-0.39, 0.29) is 29.5 Å². The largest absolute Gasteiger partial charge is 0.504 e. The number of phenolic OH excluding ortho intramolecular Hbond substituents is 1. The number of fused-ring (bicyclic) bond motifs is 2. The van der Waals surface area contributed by atoms with Crippen LogP contribution in [-0.2, 0) is 41.7 Å². The maximum atomic E-state index is 13.7. The first-order valence-corrected chi connectivity index (χ1v) is 26.5. The van der Waals surface area contributed by atoms with Crippen LogP contribution in [0.5, 0.6) is 11.5 Å². The third kappa shape index (κ3) is 13.8. The van der Waals surface area contributed by atoms with Gasteiger partial charge in [0.1, 0.15) is 11.6 Å². The zero-order valence-corrected chi connectivity index (χ0v) is 41.6. The first-order valence-electron chi connectivity index (χ1n) is 26.5. The Labute approximate surface area is 416 Å². The van der Waals surface area contributed by atoms with Crippen molar-refractivity contribution in [1.29, 1.82) is 0 Å². The Hall–Kier alpha value is -5.13. The predicted octanol–water partition coefficient (Wildman–Crippen LogP) is 9.48. The third-order valence-electron chi connectivity index (χ3n) is 16.4. The summed E-state index contributed by atoms with van der Waals surface area (Å²) in [5, 5.41) is 41.0. The van der Waals surface area contributed by atoms with Gasteiger partial charge in [0.25, 0.3) is 0 Å². The summed E-state index contributed by atoms with van der Waals surface area (Å²) in [7, 11) is 1.46. The number of benzene rings is 3. The summed E-state index contributed by atoms with van der Waals surface area (Å²) in [6.07, 6.45) is 23.8. The normalized spacial score (nSPS) is 22.4. The van der Waals surface area contributed by atoms with Gasteiger partial charge in [-0.2, -0.15) is 0 Å². The molecule has 10 heteroatoms. The highest BCUT2D eigenvalue weighted by Crippen LogP contribution is 2.47. The molecule has 3 aromatic carbocycles. The molecule has 8 rings (SSSR count). The van der Waals surface area contributed by atoms with Crippen LogP contribution in [0.15, 0.2) is 97.2 Å². The molecular formula is C60H78N4O6. The number of piperidine rings is 1. The number of aryl methyl sites for hydroxylation is 4. The number of rotatable bonds is 23. The zero-order chi connectivity index (χ0) is 48.9. The predicted molar refractivity (Wildman–Crippen MR) is 280 cm³/mol. The summed E-state index contributed by atoms with van der Waals surface area (Å²) >= 11 is 0. The number of nitrogens with two attached hydrogens (primary N) is 1. The summed E-state index contributed by atoms with van der Waals surface area (Å²) in [6.45, 7) is 2.63. The third-order valence-corrected chi connectivity index (χ3v) is 16.4. The molecule has 6 atom stereocenters. The number of ether oxygens (including phenoxy) is 1. The minimum absolute atomic E-state index is 0.0609. The van der Waals surface area contributed by atoms with Crippen molar-refractivity contribution < 1.29 is 29.6 Å². The lowest BCUT2D eigenvalue weighted by Gasteiger charge is -2.51. The molecule has 1 aromatic heterocycles. The van der Waals surface area contributed by atoms with E-state index in [0.717, 1.165) is 101 Å². The van der Waals surface area contributed by atoms with Gasteiger partial charge in [0.05, 0.1) is 25.7 Å². The molecule has 1 saturated heterocycles. The molecule has 70 heavy (non-hydrogen) atoms. The summed E-state index contributed by atoms with van der Waals surface area (Å²) < 4.78 is 5.50. The summed E-state index contributed by atoms with van der Waals surface area (Å²) in [6, 6.07) is 24.9. The van der Waals surface area contributed by atoms with E-state index in [2.05, 4.69) is 76.3 Å². The van der Waals surface area contributed by atoms with Gasteiger partial charge in [-0.15, -0.1) is 0 Å². The fraction of sp³-hybridized carbons (Fsp3) is 0.517. The van der Waals surface area contributed by atoms with Crippen molar-refractivity contribution >= 4 is 23.0 Å². The Morgan fingerprint density at radius 2 is 1.70 bits per heavy atom. The monoisotopic (exact) mass is 951 g/mol. The molecule has 0 bridgehead atoms. The number of anilines is 1. The number of nitrogen functional groups attached to an aromatic ring is 1. The minimum Gasteiger partial charge on any atom is -0.504 e. The SMILES string of the molecule is COc1cc(C(=CC(=O)CC(=O)CCCC(CCC2(O)CCCCC2)CC2C3CCNCC3CC3C=CCNC32)CO)c(Cc2cnc(N)cc2CCc2cccc(CCc3ccccc3)c2)cc1O. The van der Waals surface area contributed by atoms with E-state index in [1.807, 2.05) is 12.1 Å². The molecule has 2 aliphatic carbocycles. The molecular weight excluding hydrogens is 873 g/mol. The second-order valence-electron chi connectivity index (χ2n) is 21.2. The number of aromatic nitrogens is 1. The molecule has 10 nitrogen and oxygen atoms in total. The van der Waals surface area contributed by atoms with Crippen LogP contribution in [0.2, 0.25) is 0 Å². The van der Waals surface area contributed by atoms with E-state index in [4.69, 9.17) is 10.5 Å². The van der Waals surface area contributed by atoms with E-state index in [1.54, 1.807) is 18.3 Å². The minimum atomic E-state index is -0.584. The lowest BCUT2D eigenvalue weighted by Crippen LogP contribution is -2.56. The topological polar surface area (TPSA) is 167 Å². The quantitative estimate of drug-likeness (QED) is 0.0240. The van der Waals surface area contributed by atoms with Gasteiger partial charge in [0, 0.05) is 25.2 Å². The molecule has 0 spiro atoms. The first kappa shape index (κ1) is 51.2. The number of nitrogens with one attached hydrogen (secondary N) is 2. The van der Waals surface area contributed by atoms with Crippen LogP contribution in [0.4, 0.5) is 5.82 Å². The molecule has 0 amide bonds. The van der Waals surface area contributed by atoms with Crippen LogP contribution in [0.25, 0.3) is 5.57 Å². The number of Topliss-reactive ketones (excluding diaryl/α,β-unsaturated/α-hetero) is 1. The number of nitrogens with zero attached hydrogens (tertiary/aromatic N) is 1. The van der Waals surface area contributed by atoms with Gasteiger partial charge < -0.3 is 36.4 Å². The van der Waals surface area contributed by atoms with E-state index in [9.17, 15) is 24.9 Å². The van der Waals surface area contributed by atoms with Crippen molar-refractivity contribution in [3.05, 3.63) is 136 Å². The number of aromatic hydroxyl groups is 1. The summed E-state index contributed by atoms with van der Waals surface area (Å²) in [5.41, 5.74) is 13.0. The summed E-state index contributed by atoms with van der Waals surface area (Å²) in [5.74, 6) is 2.95. The lowest BCUT2D eigenvalue weighted by molar-refractivity contribution is -0.124. The maximum Gasteiger partial charge on any atom is 0.163 e. The molecule has 4 aliphatic rings. The number of hydrogen-bond acceptors (Lipinski definition) is 10. The van der Waals surface area contributed by atoms with Crippen molar-refractivity contribution in [1.82, 2.24) is 15.6 Å². The number of hydrogen-bond donors (Lipinski definition) is 6. The Bertz CT molecular complexity index is 2430. The van der Waals surface area contributed by atoms with Crippen molar-refractivity contribution in [2.75, 3.05) is 39.1 Å². The number of pyridine rings is 1. The van der Waals surface area contributed by atoms with Crippen LogP contribution in [0.1, 0.15) is 129 Å². The van der Waals surface area contributed by atoms with Gasteiger partial charge in [-0.05, 0) is 195 Å². The molecule has 0 radical (unpaired) electrons. The van der Waals surface area contributed by atoms with Gasteiger partial charge in [0.2, 0.25) is 0 Å². The molecule has 4 aromatic rings. The molecule has 3 fully saturated rings. The Morgan fingerprint density at radius 1 is 0.929 bits per heavy atom. The summed E-state index contributed by atoms with van der Waals surface area (Å²) in [4.78, 5) is 31.8. The second-order valence-corrected chi connectivity index (χ2v) is 21.2. The maximum absolute atomic E-state index is 13.7. The number of aliphatic hydroxyl groups is 2. The standard InChI is InChI=1S/C60H78N4O6/c1-70-57-37-54(47(34-56(57)68)32-48-39-64-58(61)35-45(48)21-20-43-14-8-13-42(29-43)19-18-41-11-4-2-5-12-41)50(40-65)33-52(67)36-51(66)17-9-15-44(22-26-60(69)24-6-3-7-25-60)30-55-53-23-28-62-38-49(53)31-46-16-10-27-63-59(46)55/h2,4-5,8,10-14,16,29,33-35,37,39,44,46,49,53,55,59,62-63,65,68-69H,3,6-7,9,15,17-28,30-32,36,38,40H2,1H3,(H2,61,64). The Kier molecular flexibility index (Phi) is 18.2. The first-order chi connectivity index (χ1) is 34.1. The average molecular weight is 951 g/mol. The molecule has 2 aliphatic heterocycles. The highest BCUT2D eigenvalue weighted by Gasteiger charge is 2.45. The number of aliphatic hydroxyl groups excluding tert-OH is 1. The number of methoxy groups -OCH3 is 1. The van der Waals surface area contributed by atoms with Crippen LogP contribution >= 0.6 is 0 Å². The average Bonchev–Trinajstić information content (AvgIpc) is 3.37. The van der Waals surface area contributed by atoms with Gasteiger partial charge >= 0.3 is 0 Å². The molecule has 6 unspecified atom stereocenters. The Morgan fingerprint density at radius 3 is 2.49 bits per heavy atom. The van der Waals surface area contributed by atoms with Crippen LogP contribution < -0.4 is 21.1 Å². The van der Waals surface area contributed by atoms with E-state index < -0.39 is 12.2 Å². The molecule has 374 valence electrons. The van der Waals surface area contributed by atoms with Crippen LogP contribution in [0, 0.1) is 29.6 Å². The van der Waals surface area contributed by atoms with Crippen LogP contribution in [-0.4, -0.2) is 76.9 Å². The highest BCUT2D eigenvalue weighted by molar-refractivity contribution is 6.07. The second kappa shape index (κ2) is 24.8. The van der Waals surface area contributed by atoms with Crippen molar-refractivity contribution in [3.63, 3.8) is 0 Å². The highest BCUT2D eigenvalue weighted by atomic mass is 16.5. The molecule has 2 saturated carbocycles. The van der Waals surface area contributed by atoms with Gasteiger partial charge in [-0.3, -0.25) is 9.59 Å².